The van der Waals surface area contributed by atoms with Crippen molar-refractivity contribution in [3.63, 3.8) is 0 Å². The number of nitrogens with zero attached hydrogens (tertiary/aromatic N) is 2. The minimum Gasteiger partial charge on any atom is -1.00 e. The molecule has 0 aromatic carbocycles. The van der Waals surface area contributed by atoms with E-state index in [9.17, 15) is 0 Å². The Hall–Kier alpha value is -0.137. The van der Waals surface area contributed by atoms with E-state index in [0.717, 1.165) is 17.8 Å². The van der Waals surface area contributed by atoms with Crippen LogP contribution in [0.3, 0.4) is 0 Å². The van der Waals surface area contributed by atoms with Crippen molar-refractivity contribution in [3.8, 4) is 0 Å². The molecule has 80 valence electrons. The van der Waals surface area contributed by atoms with Crippen LogP contribution in [0.1, 0.15) is 20.3 Å². The van der Waals surface area contributed by atoms with E-state index in [4.69, 9.17) is 5.53 Å². The van der Waals surface area contributed by atoms with Crippen LogP contribution in [0.15, 0.2) is 23.4 Å². The Morgan fingerprint density at radius 3 is 2.47 bits per heavy atom. The maximum Gasteiger partial charge on any atom is 2.00 e. The molecule has 1 rings (SSSR count). The molecule has 3 nitrogen and oxygen atoms in total. The normalized spacial score (nSPS) is 13.1. The Morgan fingerprint density at radius 1 is 1.47 bits per heavy atom. The summed E-state index contributed by atoms with van der Waals surface area (Å²) in [7, 11) is 0. The second-order valence-electron chi connectivity index (χ2n) is 2.77. The fourth-order valence-corrected chi connectivity index (χ4v) is 1.23. The van der Waals surface area contributed by atoms with E-state index < -0.39 is 0 Å². The zero-order valence-corrected chi connectivity index (χ0v) is 13.4. The van der Waals surface area contributed by atoms with Gasteiger partial charge in [-0.25, -0.2) is 0 Å². The minimum atomic E-state index is 0. The fourth-order valence-electron chi connectivity index (χ4n) is 1.23. The second-order valence-corrected chi connectivity index (χ2v) is 2.77. The molecule has 0 aromatic rings. The van der Waals surface area contributed by atoms with Crippen LogP contribution in [0.25, 0.3) is 5.53 Å². The van der Waals surface area contributed by atoms with Crippen molar-refractivity contribution in [2.45, 2.75) is 20.3 Å². The molecule has 0 radical (unpaired) electrons. The molecule has 0 saturated heterocycles. The van der Waals surface area contributed by atoms with E-state index in [0.29, 0.717) is 12.1 Å². The number of hydrogen-bond donors (Lipinski definition) is 1. The third-order valence-electron chi connectivity index (χ3n) is 1.82. The van der Waals surface area contributed by atoms with Crippen molar-refractivity contribution in [1.82, 2.24) is 5.32 Å². The molecule has 0 saturated carbocycles. The summed E-state index contributed by atoms with van der Waals surface area (Å²) < 4.78 is 0. The number of likely N-dealkylation sites (N-methyl/N-ethyl adjacent to an activating group) is 1. The van der Waals surface area contributed by atoms with E-state index in [2.05, 4.69) is 17.0 Å². The summed E-state index contributed by atoms with van der Waals surface area (Å²) in [6.45, 7) is 4.98. The molecule has 0 amide bonds. The number of rotatable bonds is 2. The van der Waals surface area contributed by atoms with Crippen molar-refractivity contribution in [3.05, 3.63) is 29.0 Å². The average Bonchev–Trinajstić information content (AvgIpc) is 2.09. The average molecular weight is 300 g/mol. The zero-order valence-electron chi connectivity index (χ0n) is 8.93. The van der Waals surface area contributed by atoms with Crippen LogP contribution in [-0.2, 0) is 19.5 Å². The van der Waals surface area contributed by atoms with E-state index in [1.54, 1.807) is 0 Å². The summed E-state index contributed by atoms with van der Waals surface area (Å²) >= 11 is 0. The van der Waals surface area contributed by atoms with Crippen LogP contribution < -0.4 is 30.1 Å². The number of halogens is 2. The molecule has 0 heterocycles. The first-order valence-corrected chi connectivity index (χ1v) is 4.11. The van der Waals surface area contributed by atoms with Gasteiger partial charge in [0.15, 0.2) is 0 Å². The van der Waals surface area contributed by atoms with Crippen LogP contribution in [0.2, 0.25) is 0 Å². The Kier molecular flexibility index (Phi) is 14.1. The van der Waals surface area contributed by atoms with Crippen molar-refractivity contribution < 1.29 is 49.1 Å². The van der Waals surface area contributed by atoms with Crippen LogP contribution in [0, 0.1) is 0 Å². The van der Waals surface area contributed by atoms with Crippen molar-refractivity contribution in [2.75, 3.05) is 6.54 Å². The topological polar surface area (TPSA) is 48.4 Å². The summed E-state index contributed by atoms with van der Waals surface area (Å²) in [6, 6.07) is 0. The molecule has 0 aromatic heterocycles. The molecule has 1 aliphatic carbocycles. The molecule has 1 N–H and O–H groups in total. The molecular formula is C9H13Cl2N3Zn. The Bertz CT molecular complexity index is 294. The number of nitrogens with one attached hydrogen (secondary N) is 1. The van der Waals surface area contributed by atoms with Gasteiger partial charge in [-0.2, -0.15) is 4.79 Å². The van der Waals surface area contributed by atoms with Gasteiger partial charge in [0.2, 0.25) is 0 Å². The summed E-state index contributed by atoms with van der Waals surface area (Å²) in [5, 5.41) is 3.24. The van der Waals surface area contributed by atoms with Gasteiger partial charge < -0.3 is 35.7 Å². The SMILES string of the molecule is CCNC1=CCC(=[N+]=[N-])C=C1C.[Cl-].[Cl-].[Zn+2]. The Labute approximate surface area is 116 Å². The number of allylic oxidation sites excluding steroid dienone is 3. The van der Waals surface area contributed by atoms with E-state index in [-0.39, 0.29) is 44.3 Å². The smallest absolute Gasteiger partial charge is 1.00 e. The standard InChI is InChI=1S/C9H13N3.2ClH.Zn/c1-3-11-9-5-4-8(12-10)6-7(9)2;;;/h5-6,11H,3-4H2,1-2H3;2*1H;/q;;;+2/p-2. The van der Waals surface area contributed by atoms with Gasteiger partial charge in [0.25, 0.3) is 5.71 Å². The van der Waals surface area contributed by atoms with Gasteiger partial charge in [-0.3, -0.25) is 0 Å². The third-order valence-corrected chi connectivity index (χ3v) is 1.82. The largest absolute Gasteiger partial charge is 2.00 e. The maximum absolute atomic E-state index is 8.52. The quantitative estimate of drug-likeness (QED) is 0.312. The van der Waals surface area contributed by atoms with Gasteiger partial charge in [0.1, 0.15) is 0 Å². The molecule has 6 heteroatoms. The monoisotopic (exact) mass is 297 g/mol. The molecule has 0 bridgehead atoms. The molecule has 0 spiro atoms. The predicted molar refractivity (Wildman–Crippen MR) is 48.8 cm³/mol. The Morgan fingerprint density at radius 2 is 2.07 bits per heavy atom. The number of hydrogen-bond acceptors (Lipinski definition) is 1. The van der Waals surface area contributed by atoms with Gasteiger partial charge in [-0.15, -0.1) is 0 Å². The van der Waals surface area contributed by atoms with Gasteiger partial charge in [0.05, 0.1) is 6.42 Å². The van der Waals surface area contributed by atoms with Gasteiger partial charge in [-0.1, -0.05) is 0 Å². The van der Waals surface area contributed by atoms with Gasteiger partial charge in [0, 0.05) is 18.3 Å². The summed E-state index contributed by atoms with van der Waals surface area (Å²) in [6.07, 6.45) is 4.63. The third kappa shape index (κ3) is 6.11. The van der Waals surface area contributed by atoms with E-state index >= 15 is 0 Å². The molecule has 0 atom stereocenters. The molecular weight excluding hydrogens is 286 g/mol. The van der Waals surface area contributed by atoms with Crippen LogP contribution >= 0.6 is 0 Å². The van der Waals surface area contributed by atoms with Gasteiger partial charge in [-0.05, 0) is 25.5 Å². The van der Waals surface area contributed by atoms with E-state index in [1.807, 2.05) is 19.1 Å². The minimum absolute atomic E-state index is 0. The predicted octanol–water partition coefficient (Wildman–Crippen LogP) is -4.49. The molecule has 0 aliphatic heterocycles. The second kappa shape index (κ2) is 10.4. The van der Waals surface area contributed by atoms with Crippen molar-refractivity contribution in [1.29, 1.82) is 0 Å². The van der Waals surface area contributed by atoms with Crippen molar-refractivity contribution >= 4 is 5.71 Å². The first-order valence-electron chi connectivity index (χ1n) is 4.11. The first-order chi connectivity index (χ1) is 5.77. The van der Waals surface area contributed by atoms with Crippen LogP contribution in [-0.4, -0.2) is 17.0 Å². The molecule has 0 unspecified atom stereocenters. The summed E-state index contributed by atoms with van der Waals surface area (Å²) in [5.74, 6) is 0. The molecule has 15 heavy (non-hydrogen) atoms. The van der Waals surface area contributed by atoms with Gasteiger partial charge >= 0.3 is 19.5 Å². The Balaban J connectivity index is -0.000000480. The van der Waals surface area contributed by atoms with E-state index in [1.165, 1.54) is 0 Å². The van der Waals surface area contributed by atoms with Crippen LogP contribution in [0.5, 0.6) is 0 Å². The first kappa shape index (κ1) is 20.3. The molecule has 0 fully saturated rings. The maximum atomic E-state index is 8.52. The molecule has 1 aliphatic rings. The zero-order chi connectivity index (χ0) is 8.97. The summed E-state index contributed by atoms with van der Waals surface area (Å²) in [5.41, 5.74) is 11.5. The fraction of sp³-hybridized carbons (Fsp3) is 0.444. The van der Waals surface area contributed by atoms with Crippen molar-refractivity contribution in [2.24, 2.45) is 0 Å². The summed E-state index contributed by atoms with van der Waals surface area (Å²) in [4.78, 5) is 3.16. The van der Waals surface area contributed by atoms with Crippen LogP contribution in [0.4, 0.5) is 0 Å².